The zero-order valence-electron chi connectivity index (χ0n) is 12.5. The topological polar surface area (TPSA) is 67.4 Å². The van der Waals surface area contributed by atoms with Crippen molar-refractivity contribution in [3.8, 4) is 5.75 Å². The average molecular weight is 300 g/mol. The van der Waals surface area contributed by atoms with E-state index in [1.54, 1.807) is 0 Å². The van der Waals surface area contributed by atoms with Gasteiger partial charge in [-0.05, 0) is 37.0 Å². The fourth-order valence-corrected chi connectivity index (χ4v) is 3.08. The van der Waals surface area contributed by atoms with Crippen LogP contribution < -0.4 is 15.4 Å². The van der Waals surface area contributed by atoms with E-state index in [0.717, 1.165) is 37.0 Å². The maximum atomic E-state index is 12.3. The lowest BCUT2D eigenvalue weighted by Gasteiger charge is -2.41. The zero-order valence-corrected chi connectivity index (χ0v) is 12.5. The molecule has 0 bridgehead atoms. The molecule has 1 saturated carbocycles. The van der Waals surface area contributed by atoms with Gasteiger partial charge >= 0.3 is 0 Å². The van der Waals surface area contributed by atoms with Crippen molar-refractivity contribution in [2.24, 2.45) is 0 Å². The van der Waals surface area contributed by atoms with Crippen LogP contribution in [0.2, 0.25) is 0 Å². The van der Waals surface area contributed by atoms with Crippen molar-refractivity contribution in [2.75, 3.05) is 11.9 Å². The molecule has 0 saturated heterocycles. The smallest absolute Gasteiger partial charge is 0.243 e. The van der Waals surface area contributed by atoms with E-state index in [4.69, 9.17) is 4.74 Å². The Morgan fingerprint density at radius 3 is 2.86 bits per heavy atom. The van der Waals surface area contributed by atoms with Gasteiger partial charge in [-0.1, -0.05) is 18.7 Å². The third kappa shape index (κ3) is 2.84. The Morgan fingerprint density at radius 1 is 1.36 bits per heavy atom. The molecule has 116 valence electrons. The molecule has 2 aliphatic rings. The van der Waals surface area contributed by atoms with E-state index in [2.05, 4.69) is 17.2 Å². The molecule has 22 heavy (non-hydrogen) atoms. The first kappa shape index (κ1) is 14.6. The highest BCUT2D eigenvalue weighted by Gasteiger charge is 2.40. The number of amides is 2. The molecule has 0 radical (unpaired) electrons. The van der Waals surface area contributed by atoms with Gasteiger partial charge in [0.25, 0.3) is 0 Å². The average Bonchev–Trinajstić information content (AvgIpc) is 2.94. The lowest BCUT2D eigenvalue weighted by Crippen LogP contribution is -2.54. The number of carbonyl (C=O) groups is 2. The van der Waals surface area contributed by atoms with Crippen molar-refractivity contribution in [3.05, 3.63) is 36.4 Å². The second-order valence-electron chi connectivity index (χ2n) is 5.94. The Bertz CT molecular complexity index is 620. The summed E-state index contributed by atoms with van der Waals surface area (Å²) in [5.74, 6) is 0.443. The summed E-state index contributed by atoms with van der Waals surface area (Å²) in [6, 6.07) is 5.77. The predicted molar refractivity (Wildman–Crippen MR) is 83.8 cm³/mol. The molecule has 5 nitrogen and oxygen atoms in total. The summed E-state index contributed by atoms with van der Waals surface area (Å²) in [5.41, 5.74) is 1.41. The maximum absolute atomic E-state index is 12.3. The van der Waals surface area contributed by atoms with Crippen molar-refractivity contribution in [1.29, 1.82) is 0 Å². The molecular formula is C17H20N2O3. The van der Waals surface area contributed by atoms with Crippen LogP contribution in [-0.2, 0) is 16.0 Å². The minimum absolute atomic E-state index is 0.104. The molecule has 5 heteroatoms. The summed E-state index contributed by atoms with van der Waals surface area (Å²) in [4.78, 5) is 23.9. The largest absolute Gasteiger partial charge is 0.491 e. The van der Waals surface area contributed by atoms with Gasteiger partial charge in [-0.25, -0.2) is 0 Å². The van der Waals surface area contributed by atoms with Gasteiger partial charge in [-0.3, -0.25) is 9.59 Å². The molecule has 1 aliphatic carbocycles. The molecule has 0 spiro atoms. The SMILES string of the molecule is C=CC(=O)NC1(CC(=O)Nc2cccc3c2OCC3)CCC1. The number of carbonyl (C=O) groups excluding carboxylic acids is 2. The molecule has 1 fully saturated rings. The molecule has 1 aromatic rings. The number of ether oxygens (including phenoxy) is 1. The van der Waals surface area contributed by atoms with Crippen LogP contribution in [0.15, 0.2) is 30.9 Å². The van der Waals surface area contributed by atoms with E-state index < -0.39 is 5.54 Å². The van der Waals surface area contributed by atoms with Gasteiger partial charge < -0.3 is 15.4 Å². The van der Waals surface area contributed by atoms with E-state index in [1.807, 2.05) is 18.2 Å². The van der Waals surface area contributed by atoms with Crippen LogP contribution in [0.5, 0.6) is 5.75 Å². The summed E-state index contributed by atoms with van der Waals surface area (Å²) in [6.07, 6.45) is 5.06. The fraction of sp³-hybridized carbons (Fsp3) is 0.412. The maximum Gasteiger partial charge on any atom is 0.243 e. The Kier molecular flexibility index (Phi) is 3.88. The van der Waals surface area contributed by atoms with Crippen molar-refractivity contribution < 1.29 is 14.3 Å². The van der Waals surface area contributed by atoms with Crippen LogP contribution in [0.3, 0.4) is 0 Å². The second kappa shape index (κ2) is 5.83. The number of anilines is 1. The number of nitrogens with one attached hydrogen (secondary N) is 2. The van der Waals surface area contributed by atoms with Crippen LogP contribution in [0.4, 0.5) is 5.69 Å². The Balaban J connectivity index is 1.66. The van der Waals surface area contributed by atoms with Crippen LogP contribution in [-0.4, -0.2) is 24.0 Å². The number of hydrogen-bond acceptors (Lipinski definition) is 3. The van der Waals surface area contributed by atoms with Gasteiger partial charge in [-0.2, -0.15) is 0 Å². The fourth-order valence-electron chi connectivity index (χ4n) is 3.08. The normalized spacial score (nSPS) is 17.6. The van der Waals surface area contributed by atoms with Gasteiger partial charge in [0.1, 0.15) is 5.75 Å². The Morgan fingerprint density at radius 2 is 2.18 bits per heavy atom. The first-order valence-electron chi connectivity index (χ1n) is 7.61. The Hall–Kier alpha value is -2.30. The van der Waals surface area contributed by atoms with Crippen molar-refractivity contribution >= 4 is 17.5 Å². The molecule has 0 aromatic heterocycles. The lowest BCUT2D eigenvalue weighted by atomic mass is 9.74. The molecule has 2 N–H and O–H groups in total. The zero-order chi connectivity index (χ0) is 15.6. The molecular weight excluding hydrogens is 280 g/mol. The third-order valence-corrected chi connectivity index (χ3v) is 4.37. The molecule has 0 unspecified atom stereocenters. The van der Waals surface area contributed by atoms with Gasteiger partial charge in [0.15, 0.2) is 0 Å². The van der Waals surface area contributed by atoms with E-state index in [1.165, 1.54) is 6.08 Å². The third-order valence-electron chi connectivity index (χ3n) is 4.37. The molecule has 1 aliphatic heterocycles. The summed E-state index contributed by atoms with van der Waals surface area (Å²) in [6.45, 7) is 4.11. The molecule has 1 aromatic carbocycles. The molecule has 1 heterocycles. The standard InChI is InChI=1S/C17H20N2O3/c1-2-14(20)19-17(8-4-9-17)11-15(21)18-13-6-3-5-12-7-10-22-16(12)13/h2-3,5-6H,1,4,7-11H2,(H,18,21)(H,19,20). The summed E-state index contributed by atoms with van der Waals surface area (Å²) in [5, 5.41) is 5.82. The van der Waals surface area contributed by atoms with E-state index >= 15 is 0 Å². The lowest BCUT2D eigenvalue weighted by molar-refractivity contribution is -0.122. The number of fused-ring (bicyclic) bond motifs is 1. The summed E-state index contributed by atoms with van der Waals surface area (Å²) in [7, 11) is 0. The van der Waals surface area contributed by atoms with Gasteiger partial charge in [0.05, 0.1) is 18.7 Å². The summed E-state index contributed by atoms with van der Waals surface area (Å²) >= 11 is 0. The van der Waals surface area contributed by atoms with Crippen molar-refractivity contribution in [2.45, 2.75) is 37.6 Å². The van der Waals surface area contributed by atoms with Crippen molar-refractivity contribution in [3.63, 3.8) is 0 Å². The van der Waals surface area contributed by atoms with Crippen LogP contribution in [0.25, 0.3) is 0 Å². The van der Waals surface area contributed by atoms with Gasteiger partial charge in [0.2, 0.25) is 11.8 Å². The highest BCUT2D eigenvalue weighted by atomic mass is 16.5. The van der Waals surface area contributed by atoms with Crippen LogP contribution in [0.1, 0.15) is 31.2 Å². The Labute approximate surface area is 129 Å². The van der Waals surface area contributed by atoms with E-state index in [-0.39, 0.29) is 18.2 Å². The molecule has 3 rings (SSSR count). The first-order valence-corrected chi connectivity index (χ1v) is 7.61. The first-order chi connectivity index (χ1) is 10.6. The van der Waals surface area contributed by atoms with Crippen LogP contribution in [0, 0.1) is 0 Å². The van der Waals surface area contributed by atoms with Crippen LogP contribution >= 0.6 is 0 Å². The quantitative estimate of drug-likeness (QED) is 0.819. The number of rotatable bonds is 5. The molecule has 2 amide bonds. The second-order valence-corrected chi connectivity index (χ2v) is 5.94. The van der Waals surface area contributed by atoms with Gasteiger partial charge in [-0.15, -0.1) is 0 Å². The van der Waals surface area contributed by atoms with Crippen molar-refractivity contribution in [1.82, 2.24) is 5.32 Å². The number of para-hydroxylation sites is 1. The molecule has 0 atom stereocenters. The number of hydrogen-bond donors (Lipinski definition) is 2. The van der Waals surface area contributed by atoms with Gasteiger partial charge in [0, 0.05) is 12.0 Å². The minimum Gasteiger partial charge on any atom is -0.491 e. The number of benzene rings is 1. The highest BCUT2D eigenvalue weighted by Crippen LogP contribution is 2.37. The van der Waals surface area contributed by atoms with E-state index in [9.17, 15) is 9.59 Å². The monoisotopic (exact) mass is 300 g/mol. The summed E-state index contributed by atoms with van der Waals surface area (Å²) < 4.78 is 5.59. The highest BCUT2D eigenvalue weighted by molar-refractivity contribution is 5.94. The van der Waals surface area contributed by atoms with E-state index in [0.29, 0.717) is 12.3 Å². The minimum atomic E-state index is -0.422. The predicted octanol–water partition coefficient (Wildman–Crippen LogP) is 2.17.